The molecular formula is C19H13FN4O. The third-order valence-electron chi connectivity index (χ3n) is 3.98. The number of halogens is 1. The van der Waals surface area contributed by atoms with Crippen LogP contribution >= 0.6 is 0 Å². The van der Waals surface area contributed by atoms with E-state index in [0.29, 0.717) is 11.0 Å². The van der Waals surface area contributed by atoms with Gasteiger partial charge in [0.1, 0.15) is 11.2 Å². The molecule has 4 rings (SSSR count). The predicted octanol–water partition coefficient (Wildman–Crippen LogP) is 3.38. The monoisotopic (exact) mass is 332 g/mol. The molecule has 1 unspecified atom stereocenters. The third-order valence-corrected chi connectivity index (χ3v) is 3.98. The number of benzene rings is 2. The smallest absolute Gasteiger partial charge is 0.288 e. The second-order valence-corrected chi connectivity index (χ2v) is 5.52. The van der Waals surface area contributed by atoms with Gasteiger partial charge in [-0.3, -0.25) is 9.78 Å². The van der Waals surface area contributed by atoms with Crippen LogP contribution in [0.3, 0.4) is 0 Å². The second-order valence-electron chi connectivity index (χ2n) is 5.52. The molecule has 0 bridgehead atoms. The van der Waals surface area contributed by atoms with Gasteiger partial charge in [0, 0.05) is 11.8 Å². The molecule has 25 heavy (non-hydrogen) atoms. The Bertz CT molecular complexity index is 1030. The van der Waals surface area contributed by atoms with Crippen LogP contribution in [0.5, 0.6) is 0 Å². The van der Waals surface area contributed by atoms with E-state index in [1.54, 1.807) is 66.7 Å². The Labute approximate surface area is 142 Å². The maximum atomic E-state index is 16.3. The molecule has 6 heteroatoms. The van der Waals surface area contributed by atoms with E-state index >= 15 is 4.39 Å². The summed E-state index contributed by atoms with van der Waals surface area (Å²) in [5.74, 6) is -3.35. The van der Waals surface area contributed by atoms with Gasteiger partial charge in [-0.15, -0.1) is 5.10 Å². The standard InChI is InChI=1S/C19H13FN4O/c20-19(17-12-6-7-13-21-17,18(25)14-8-2-1-3-9-14)24-16-11-5-4-10-15(16)22-23-24/h1-13H. The minimum Gasteiger partial charge on any atom is -0.288 e. The lowest BCUT2D eigenvalue weighted by Crippen LogP contribution is -2.40. The van der Waals surface area contributed by atoms with Crippen LogP contribution in [0.25, 0.3) is 11.0 Å². The highest BCUT2D eigenvalue weighted by Crippen LogP contribution is 2.32. The number of hydrogen-bond acceptors (Lipinski definition) is 4. The highest BCUT2D eigenvalue weighted by molar-refractivity contribution is 6.03. The number of carbonyl (C=O) groups is 1. The van der Waals surface area contributed by atoms with Gasteiger partial charge in [-0.2, -0.15) is 4.68 Å². The molecule has 0 fully saturated rings. The van der Waals surface area contributed by atoms with Crippen molar-refractivity contribution >= 4 is 16.8 Å². The quantitative estimate of drug-likeness (QED) is 0.538. The number of para-hydroxylation sites is 1. The summed E-state index contributed by atoms with van der Waals surface area (Å²) >= 11 is 0. The highest BCUT2D eigenvalue weighted by Gasteiger charge is 2.46. The summed E-state index contributed by atoms with van der Waals surface area (Å²) in [6.07, 6.45) is 1.45. The fraction of sp³-hybridized carbons (Fsp3) is 0.0526. The average Bonchev–Trinajstić information content (AvgIpc) is 3.13. The molecule has 0 saturated heterocycles. The molecular weight excluding hydrogens is 319 g/mol. The van der Waals surface area contributed by atoms with Crippen molar-refractivity contribution in [2.45, 2.75) is 5.79 Å². The van der Waals surface area contributed by atoms with E-state index in [2.05, 4.69) is 15.3 Å². The molecule has 0 saturated carbocycles. The Morgan fingerprint density at radius 1 is 0.920 bits per heavy atom. The minimum atomic E-state index is -2.60. The first-order valence-electron chi connectivity index (χ1n) is 7.72. The first kappa shape index (κ1) is 15.1. The molecule has 2 heterocycles. The van der Waals surface area contributed by atoms with Crippen molar-refractivity contribution in [3.63, 3.8) is 0 Å². The van der Waals surface area contributed by atoms with Crippen molar-refractivity contribution in [1.82, 2.24) is 20.0 Å². The number of Topliss-reactive ketones (excluding diaryl/α,β-unsaturated/α-hetero) is 1. The first-order valence-corrected chi connectivity index (χ1v) is 7.72. The Balaban J connectivity index is 1.98. The van der Waals surface area contributed by atoms with Crippen LogP contribution in [0.2, 0.25) is 0 Å². The van der Waals surface area contributed by atoms with Gasteiger partial charge in [-0.05, 0) is 24.3 Å². The van der Waals surface area contributed by atoms with E-state index < -0.39 is 11.6 Å². The molecule has 5 nitrogen and oxygen atoms in total. The van der Waals surface area contributed by atoms with E-state index in [1.165, 1.54) is 12.3 Å². The second kappa shape index (κ2) is 5.90. The number of rotatable bonds is 4. The van der Waals surface area contributed by atoms with Crippen LogP contribution in [0, 0.1) is 0 Å². The lowest BCUT2D eigenvalue weighted by Gasteiger charge is -2.24. The van der Waals surface area contributed by atoms with Crippen molar-refractivity contribution in [2.75, 3.05) is 0 Å². The van der Waals surface area contributed by atoms with Crippen LogP contribution < -0.4 is 0 Å². The van der Waals surface area contributed by atoms with Gasteiger partial charge >= 0.3 is 5.79 Å². The van der Waals surface area contributed by atoms with Crippen LogP contribution in [-0.4, -0.2) is 25.8 Å². The van der Waals surface area contributed by atoms with E-state index in [9.17, 15) is 4.79 Å². The van der Waals surface area contributed by atoms with E-state index in [1.807, 2.05) is 0 Å². The van der Waals surface area contributed by atoms with Crippen molar-refractivity contribution < 1.29 is 9.18 Å². The fourth-order valence-corrected chi connectivity index (χ4v) is 2.76. The molecule has 0 radical (unpaired) electrons. The topological polar surface area (TPSA) is 60.7 Å². The summed E-state index contributed by atoms with van der Waals surface area (Å²) in [6, 6.07) is 19.9. The predicted molar refractivity (Wildman–Crippen MR) is 90.7 cm³/mol. The maximum absolute atomic E-state index is 16.3. The van der Waals surface area contributed by atoms with Gasteiger partial charge in [0.2, 0.25) is 5.78 Å². The molecule has 0 aliphatic rings. The molecule has 2 aromatic heterocycles. The summed E-state index contributed by atoms with van der Waals surface area (Å²) in [5, 5.41) is 7.90. The summed E-state index contributed by atoms with van der Waals surface area (Å²) in [7, 11) is 0. The molecule has 122 valence electrons. The molecule has 0 aliphatic carbocycles. The van der Waals surface area contributed by atoms with Crippen molar-refractivity contribution in [3.8, 4) is 0 Å². The molecule has 0 amide bonds. The zero-order valence-electron chi connectivity index (χ0n) is 13.1. The zero-order valence-corrected chi connectivity index (χ0v) is 13.1. The number of nitrogens with zero attached hydrogens (tertiary/aromatic N) is 4. The molecule has 0 N–H and O–H groups in total. The number of alkyl halides is 1. The van der Waals surface area contributed by atoms with Crippen molar-refractivity contribution in [2.24, 2.45) is 0 Å². The van der Waals surface area contributed by atoms with Gasteiger partial charge in [-0.25, -0.2) is 4.39 Å². The van der Waals surface area contributed by atoms with E-state index in [4.69, 9.17) is 0 Å². The largest absolute Gasteiger partial charge is 0.308 e. The number of fused-ring (bicyclic) bond motifs is 1. The number of hydrogen-bond donors (Lipinski definition) is 0. The number of pyridine rings is 1. The summed E-state index contributed by atoms with van der Waals surface area (Å²) in [4.78, 5) is 17.2. The van der Waals surface area contributed by atoms with E-state index in [0.717, 1.165) is 4.68 Å². The fourth-order valence-electron chi connectivity index (χ4n) is 2.76. The Hall–Kier alpha value is -3.41. The normalized spacial score (nSPS) is 13.5. The van der Waals surface area contributed by atoms with Crippen molar-refractivity contribution in [3.05, 3.63) is 90.3 Å². The van der Waals surface area contributed by atoms with E-state index in [-0.39, 0.29) is 11.3 Å². The molecule has 0 aliphatic heterocycles. The van der Waals surface area contributed by atoms with Crippen LogP contribution in [-0.2, 0) is 5.79 Å². The number of aromatic nitrogens is 4. The number of ketones is 1. The van der Waals surface area contributed by atoms with Crippen LogP contribution in [0.15, 0.2) is 79.0 Å². The van der Waals surface area contributed by atoms with Gasteiger partial charge in [0.15, 0.2) is 0 Å². The summed E-state index contributed by atoms with van der Waals surface area (Å²) in [6.45, 7) is 0. The highest BCUT2D eigenvalue weighted by atomic mass is 19.1. The van der Waals surface area contributed by atoms with Gasteiger partial charge in [-0.1, -0.05) is 53.7 Å². The lowest BCUT2D eigenvalue weighted by molar-refractivity contribution is 0.0542. The third kappa shape index (κ3) is 2.39. The van der Waals surface area contributed by atoms with Gasteiger partial charge in [0.05, 0.1) is 5.52 Å². The molecule has 0 spiro atoms. The van der Waals surface area contributed by atoms with Crippen molar-refractivity contribution in [1.29, 1.82) is 0 Å². The first-order chi connectivity index (χ1) is 12.2. The molecule has 1 atom stereocenters. The summed E-state index contributed by atoms with van der Waals surface area (Å²) < 4.78 is 17.3. The lowest BCUT2D eigenvalue weighted by atomic mass is 9.98. The Morgan fingerprint density at radius 3 is 2.40 bits per heavy atom. The van der Waals surface area contributed by atoms with Crippen LogP contribution in [0.1, 0.15) is 16.1 Å². The Kier molecular flexibility index (Phi) is 3.57. The molecule has 2 aromatic carbocycles. The zero-order chi connectivity index (χ0) is 17.3. The minimum absolute atomic E-state index is 0.0421. The average molecular weight is 332 g/mol. The summed E-state index contributed by atoms with van der Waals surface area (Å²) in [5.41, 5.74) is 1.11. The van der Waals surface area contributed by atoms with Crippen LogP contribution in [0.4, 0.5) is 4.39 Å². The SMILES string of the molecule is O=C(c1ccccc1)C(F)(c1ccccn1)n1nnc2ccccc21. The van der Waals surface area contributed by atoms with Gasteiger partial charge < -0.3 is 0 Å². The number of carbonyl (C=O) groups excluding carboxylic acids is 1. The maximum Gasteiger partial charge on any atom is 0.308 e. The Morgan fingerprint density at radius 2 is 1.64 bits per heavy atom. The van der Waals surface area contributed by atoms with Gasteiger partial charge in [0.25, 0.3) is 0 Å². The molecule has 4 aromatic rings.